The van der Waals surface area contributed by atoms with Gasteiger partial charge >= 0.3 is 0 Å². The SMILES string of the molecule is CC(C)C1(C)CC(=O)N(C2(C(N)=S)CCN(C)CC2)C1=O. The van der Waals surface area contributed by atoms with Crippen molar-refractivity contribution in [2.24, 2.45) is 17.1 Å². The van der Waals surface area contributed by atoms with E-state index in [0.29, 0.717) is 12.8 Å². The first kappa shape index (κ1) is 16.4. The summed E-state index contributed by atoms with van der Waals surface area (Å²) < 4.78 is 0. The Morgan fingerprint density at radius 2 is 1.81 bits per heavy atom. The first-order valence-electron chi connectivity index (χ1n) is 7.51. The van der Waals surface area contributed by atoms with E-state index in [-0.39, 0.29) is 29.1 Å². The topological polar surface area (TPSA) is 66.6 Å². The number of rotatable bonds is 3. The number of imide groups is 1. The molecule has 0 radical (unpaired) electrons. The number of thiocarbonyl (C=S) groups is 1. The van der Waals surface area contributed by atoms with Gasteiger partial charge in [-0.1, -0.05) is 26.1 Å². The highest BCUT2D eigenvalue weighted by molar-refractivity contribution is 7.80. The van der Waals surface area contributed by atoms with Gasteiger partial charge in [-0.2, -0.15) is 0 Å². The van der Waals surface area contributed by atoms with Crippen LogP contribution in [0.15, 0.2) is 0 Å². The van der Waals surface area contributed by atoms with Gasteiger partial charge in [-0.05, 0) is 32.7 Å². The van der Waals surface area contributed by atoms with Gasteiger partial charge in [0.2, 0.25) is 11.8 Å². The van der Waals surface area contributed by atoms with Crippen molar-refractivity contribution in [3.63, 3.8) is 0 Å². The third-order valence-corrected chi connectivity index (χ3v) is 5.81. The van der Waals surface area contributed by atoms with Gasteiger partial charge in [-0.3, -0.25) is 14.5 Å². The van der Waals surface area contributed by atoms with Crippen molar-refractivity contribution in [2.75, 3.05) is 20.1 Å². The maximum absolute atomic E-state index is 12.9. The van der Waals surface area contributed by atoms with E-state index in [1.54, 1.807) is 0 Å². The number of nitrogens with zero attached hydrogens (tertiary/aromatic N) is 2. The van der Waals surface area contributed by atoms with Gasteiger partial charge in [-0.15, -0.1) is 0 Å². The molecule has 5 nitrogen and oxygen atoms in total. The average molecular weight is 311 g/mol. The number of nitrogens with two attached hydrogens (primary N) is 1. The number of hydrogen-bond acceptors (Lipinski definition) is 4. The fourth-order valence-electron chi connectivity index (χ4n) is 3.29. The maximum Gasteiger partial charge on any atom is 0.236 e. The van der Waals surface area contributed by atoms with E-state index in [2.05, 4.69) is 4.90 Å². The van der Waals surface area contributed by atoms with Crippen molar-refractivity contribution in [3.05, 3.63) is 0 Å². The molecule has 2 heterocycles. The zero-order valence-electron chi connectivity index (χ0n) is 13.3. The molecule has 1 atom stereocenters. The zero-order chi connectivity index (χ0) is 16.0. The van der Waals surface area contributed by atoms with Crippen molar-refractivity contribution in [1.82, 2.24) is 9.80 Å². The third-order valence-electron chi connectivity index (χ3n) is 5.43. The predicted molar refractivity (Wildman–Crippen MR) is 85.7 cm³/mol. The Morgan fingerprint density at radius 1 is 1.29 bits per heavy atom. The van der Waals surface area contributed by atoms with Gasteiger partial charge in [0, 0.05) is 19.5 Å². The summed E-state index contributed by atoms with van der Waals surface area (Å²) in [4.78, 5) is 29.4. The number of carbonyl (C=O) groups excluding carboxylic acids is 2. The van der Waals surface area contributed by atoms with E-state index < -0.39 is 11.0 Å². The minimum absolute atomic E-state index is 0.105. The molecule has 0 saturated carbocycles. The van der Waals surface area contributed by atoms with E-state index in [4.69, 9.17) is 18.0 Å². The van der Waals surface area contributed by atoms with Crippen molar-refractivity contribution in [3.8, 4) is 0 Å². The second kappa shape index (κ2) is 5.32. The smallest absolute Gasteiger partial charge is 0.236 e. The number of amides is 2. The molecule has 1 unspecified atom stereocenters. The predicted octanol–water partition coefficient (Wildman–Crippen LogP) is 1.16. The van der Waals surface area contributed by atoms with E-state index >= 15 is 0 Å². The highest BCUT2D eigenvalue weighted by Gasteiger charge is 2.58. The van der Waals surface area contributed by atoms with Crippen LogP contribution in [0.4, 0.5) is 0 Å². The van der Waals surface area contributed by atoms with Gasteiger partial charge in [-0.25, -0.2) is 0 Å². The lowest BCUT2D eigenvalue weighted by atomic mass is 9.77. The Balaban J connectivity index is 2.40. The fraction of sp³-hybridized carbons (Fsp3) is 0.800. The Hall–Kier alpha value is -1.01. The molecule has 2 fully saturated rings. The molecule has 2 aliphatic rings. The zero-order valence-corrected chi connectivity index (χ0v) is 14.1. The fourth-order valence-corrected chi connectivity index (χ4v) is 3.59. The normalized spacial score (nSPS) is 30.2. The molecule has 2 N–H and O–H groups in total. The summed E-state index contributed by atoms with van der Waals surface area (Å²) in [7, 11) is 2.02. The van der Waals surface area contributed by atoms with Crippen LogP contribution >= 0.6 is 12.2 Å². The minimum atomic E-state index is -0.775. The molecule has 0 aromatic rings. The number of hydrogen-bond donors (Lipinski definition) is 1. The molecule has 0 aliphatic carbocycles. The van der Waals surface area contributed by atoms with Crippen LogP contribution in [0, 0.1) is 11.3 Å². The van der Waals surface area contributed by atoms with Gasteiger partial charge in [0.05, 0.1) is 10.4 Å². The molecule has 2 saturated heterocycles. The van der Waals surface area contributed by atoms with Crippen LogP contribution in [0.3, 0.4) is 0 Å². The number of likely N-dealkylation sites (tertiary alicyclic amines) is 2. The van der Waals surface area contributed by atoms with Gasteiger partial charge in [0.1, 0.15) is 5.54 Å². The summed E-state index contributed by atoms with van der Waals surface area (Å²) in [5.74, 6) is -0.137. The molecule has 21 heavy (non-hydrogen) atoms. The molecule has 2 aliphatic heterocycles. The molecule has 0 spiro atoms. The largest absolute Gasteiger partial charge is 0.391 e. The van der Waals surface area contributed by atoms with Crippen LogP contribution in [0.5, 0.6) is 0 Å². The average Bonchev–Trinajstić information content (AvgIpc) is 2.63. The molecule has 118 valence electrons. The molecule has 2 amide bonds. The summed E-state index contributed by atoms with van der Waals surface area (Å²) in [6.45, 7) is 7.41. The summed E-state index contributed by atoms with van der Waals surface area (Å²) in [6, 6.07) is 0. The molecule has 0 aromatic heterocycles. The molecule has 0 bridgehead atoms. The standard InChI is InChI=1S/C15H25N3O2S/c1-10(2)14(3)9-11(19)18(13(14)20)15(12(16)21)5-7-17(4)8-6-15/h10H,5-9H2,1-4H3,(H2,16,21). The van der Waals surface area contributed by atoms with Crippen molar-refractivity contribution < 1.29 is 9.59 Å². The van der Waals surface area contributed by atoms with Crippen LogP contribution in [-0.4, -0.2) is 52.3 Å². The number of carbonyl (C=O) groups is 2. The lowest BCUT2D eigenvalue weighted by molar-refractivity contribution is -0.148. The highest BCUT2D eigenvalue weighted by atomic mass is 32.1. The summed E-state index contributed by atoms with van der Waals surface area (Å²) in [5.41, 5.74) is 4.57. The van der Waals surface area contributed by atoms with E-state index in [9.17, 15) is 9.59 Å². The van der Waals surface area contributed by atoms with E-state index in [1.807, 2.05) is 27.8 Å². The molecule has 6 heteroatoms. The molecule has 0 aromatic carbocycles. The summed E-state index contributed by atoms with van der Waals surface area (Å²) in [6.07, 6.45) is 1.51. The van der Waals surface area contributed by atoms with Gasteiger partial charge in [0.25, 0.3) is 0 Å². The Morgan fingerprint density at radius 3 is 2.19 bits per heavy atom. The second-order valence-corrected chi connectivity index (χ2v) is 7.42. The lowest BCUT2D eigenvalue weighted by Gasteiger charge is -2.45. The van der Waals surface area contributed by atoms with Crippen molar-refractivity contribution in [1.29, 1.82) is 0 Å². The Bertz CT molecular complexity index is 483. The second-order valence-electron chi connectivity index (χ2n) is 6.98. The molecular formula is C15H25N3O2S. The Labute approximate surface area is 131 Å². The van der Waals surface area contributed by atoms with Crippen molar-refractivity contribution in [2.45, 2.75) is 45.6 Å². The minimum Gasteiger partial charge on any atom is -0.391 e. The molecular weight excluding hydrogens is 286 g/mol. The van der Waals surface area contributed by atoms with Crippen LogP contribution < -0.4 is 5.73 Å². The number of piperidine rings is 1. The Kier molecular flexibility index (Phi) is 4.14. The lowest BCUT2D eigenvalue weighted by Crippen LogP contribution is -2.63. The van der Waals surface area contributed by atoms with Crippen LogP contribution in [0.1, 0.15) is 40.0 Å². The monoisotopic (exact) mass is 311 g/mol. The van der Waals surface area contributed by atoms with Crippen LogP contribution in [0.2, 0.25) is 0 Å². The van der Waals surface area contributed by atoms with Crippen LogP contribution in [-0.2, 0) is 9.59 Å². The molecule has 2 rings (SSSR count). The first-order chi connectivity index (χ1) is 9.65. The summed E-state index contributed by atoms with van der Waals surface area (Å²) >= 11 is 5.26. The highest BCUT2D eigenvalue weighted by Crippen LogP contribution is 2.44. The van der Waals surface area contributed by atoms with E-state index in [1.165, 1.54) is 4.90 Å². The summed E-state index contributed by atoms with van der Waals surface area (Å²) in [5, 5.41) is 0. The first-order valence-corrected chi connectivity index (χ1v) is 7.92. The third kappa shape index (κ3) is 2.38. The van der Waals surface area contributed by atoms with Gasteiger partial charge in [0.15, 0.2) is 0 Å². The quantitative estimate of drug-likeness (QED) is 0.626. The van der Waals surface area contributed by atoms with E-state index in [0.717, 1.165) is 13.1 Å². The van der Waals surface area contributed by atoms with Crippen molar-refractivity contribution >= 4 is 29.0 Å². The van der Waals surface area contributed by atoms with Gasteiger partial charge < -0.3 is 10.6 Å². The maximum atomic E-state index is 12.9. The van der Waals surface area contributed by atoms with Crippen LogP contribution in [0.25, 0.3) is 0 Å².